The Morgan fingerprint density at radius 1 is 1.40 bits per heavy atom. The summed E-state index contributed by atoms with van der Waals surface area (Å²) in [4.78, 5) is 0.387. The third-order valence-electron chi connectivity index (χ3n) is 4.56. The molecule has 1 aromatic rings. The lowest BCUT2D eigenvalue weighted by molar-refractivity contribution is 0.537. The fourth-order valence-corrected chi connectivity index (χ4v) is 3.97. The molecule has 0 bridgehead atoms. The van der Waals surface area contributed by atoms with Gasteiger partial charge in [-0.25, -0.2) is 13.1 Å². The van der Waals surface area contributed by atoms with Crippen LogP contribution in [-0.4, -0.2) is 21.5 Å². The normalized spacial score (nSPS) is 23.8. The summed E-state index contributed by atoms with van der Waals surface area (Å²) in [5.41, 5.74) is 2.46. The molecule has 1 heterocycles. The van der Waals surface area contributed by atoms with Gasteiger partial charge in [-0.3, -0.25) is 0 Å². The van der Waals surface area contributed by atoms with Crippen LogP contribution < -0.4 is 10.0 Å². The first-order valence-corrected chi connectivity index (χ1v) is 8.73. The van der Waals surface area contributed by atoms with Crippen LogP contribution in [0.5, 0.6) is 0 Å². The highest BCUT2D eigenvalue weighted by Gasteiger charge is 2.45. The number of nitrogens with one attached hydrogen (secondary N) is 2. The predicted molar refractivity (Wildman–Crippen MR) is 80.3 cm³/mol. The number of hydrogen-bond donors (Lipinski definition) is 2. The van der Waals surface area contributed by atoms with E-state index in [9.17, 15) is 8.42 Å². The molecule has 110 valence electrons. The van der Waals surface area contributed by atoms with Gasteiger partial charge in [0.15, 0.2) is 0 Å². The van der Waals surface area contributed by atoms with Crippen molar-refractivity contribution in [3.63, 3.8) is 0 Å². The topological polar surface area (TPSA) is 58.2 Å². The maximum absolute atomic E-state index is 12.3. The van der Waals surface area contributed by atoms with Crippen LogP contribution in [0.25, 0.3) is 0 Å². The minimum atomic E-state index is -3.38. The Labute approximate surface area is 121 Å². The van der Waals surface area contributed by atoms with Crippen molar-refractivity contribution in [3.8, 4) is 0 Å². The number of aryl methyl sites for hydroxylation is 1. The monoisotopic (exact) mass is 294 g/mol. The van der Waals surface area contributed by atoms with Gasteiger partial charge in [0.05, 0.1) is 4.90 Å². The molecule has 1 saturated carbocycles. The van der Waals surface area contributed by atoms with Crippen LogP contribution in [0.2, 0.25) is 0 Å². The van der Waals surface area contributed by atoms with Gasteiger partial charge in [0.25, 0.3) is 0 Å². The van der Waals surface area contributed by atoms with Crippen molar-refractivity contribution in [2.24, 2.45) is 11.3 Å². The van der Waals surface area contributed by atoms with Crippen molar-refractivity contribution >= 4 is 15.7 Å². The fourth-order valence-electron chi connectivity index (χ4n) is 2.84. The molecule has 1 unspecified atom stereocenters. The van der Waals surface area contributed by atoms with Crippen LogP contribution in [0.15, 0.2) is 23.1 Å². The van der Waals surface area contributed by atoms with E-state index >= 15 is 0 Å². The molecule has 3 rings (SSSR count). The Bertz CT molecular complexity index is 623. The summed E-state index contributed by atoms with van der Waals surface area (Å²) in [5, 5.41) is 3.30. The van der Waals surface area contributed by atoms with E-state index in [1.54, 1.807) is 6.07 Å². The highest BCUT2D eigenvalue weighted by Crippen LogP contribution is 2.51. The molecule has 1 atom stereocenters. The van der Waals surface area contributed by atoms with Crippen molar-refractivity contribution < 1.29 is 8.42 Å². The number of anilines is 1. The van der Waals surface area contributed by atoms with Gasteiger partial charge in [0.2, 0.25) is 10.0 Å². The van der Waals surface area contributed by atoms with Crippen molar-refractivity contribution in [1.82, 2.24) is 4.72 Å². The van der Waals surface area contributed by atoms with E-state index in [1.807, 2.05) is 12.1 Å². The van der Waals surface area contributed by atoms with Gasteiger partial charge >= 0.3 is 0 Å². The summed E-state index contributed by atoms with van der Waals surface area (Å²) in [5.74, 6) is 0.469. The van der Waals surface area contributed by atoms with Crippen molar-refractivity contribution in [3.05, 3.63) is 23.8 Å². The standard InChI is InChI=1S/C15H22N2O2S/c1-15(2)9-12(15)10-17-20(18,19)13-5-6-14-11(8-13)4-3-7-16-14/h5-6,8,12,16-17H,3-4,7,9-10H2,1-2H3. The van der Waals surface area contributed by atoms with Gasteiger partial charge in [0.1, 0.15) is 0 Å². The maximum Gasteiger partial charge on any atom is 0.240 e. The minimum absolute atomic E-state index is 0.294. The number of hydrogen-bond acceptors (Lipinski definition) is 3. The quantitative estimate of drug-likeness (QED) is 0.896. The summed E-state index contributed by atoms with van der Waals surface area (Å²) >= 11 is 0. The second-order valence-electron chi connectivity index (χ2n) is 6.59. The SMILES string of the molecule is CC1(C)CC1CNS(=O)(=O)c1ccc2c(c1)CCCN2. The van der Waals surface area contributed by atoms with Crippen molar-refractivity contribution in [2.75, 3.05) is 18.4 Å². The lowest BCUT2D eigenvalue weighted by Crippen LogP contribution is -2.27. The summed E-state index contributed by atoms with van der Waals surface area (Å²) < 4.78 is 27.4. The first kappa shape index (κ1) is 13.9. The summed E-state index contributed by atoms with van der Waals surface area (Å²) in [7, 11) is -3.38. The maximum atomic E-state index is 12.3. The van der Waals surface area contributed by atoms with Crippen LogP contribution >= 0.6 is 0 Å². The minimum Gasteiger partial charge on any atom is -0.385 e. The number of fused-ring (bicyclic) bond motifs is 1. The van der Waals surface area contributed by atoms with Crippen molar-refractivity contribution in [2.45, 2.75) is 38.0 Å². The Kier molecular flexibility index (Phi) is 3.29. The average Bonchev–Trinajstić information content (AvgIpc) is 3.04. The van der Waals surface area contributed by atoms with Gasteiger partial charge in [-0.15, -0.1) is 0 Å². The van der Waals surface area contributed by atoms with Gasteiger partial charge in [0, 0.05) is 18.8 Å². The zero-order valence-corrected chi connectivity index (χ0v) is 12.9. The van der Waals surface area contributed by atoms with Crippen LogP contribution in [0.4, 0.5) is 5.69 Å². The van der Waals surface area contributed by atoms with Crippen LogP contribution in [-0.2, 0) is 16.4 Å². The summed E-state index contributed by atoms with van der Waals surface area (Å²) in [6.45, 7) is 5.87. The summed E-state index contributed by atoms with van der Waals surface area (Å²) in [6, 6.07) is 5.38. The Balaban J connectivity index is 1.74. The zero-order chi connectivity index (χ0) is 14.4. The molecule has 0 spiro atoms. The zero-order valence-electron chi connectivity index (χ0n) is 12.1. The molecule has 1 aliphatic heterocycles. The lowest BCUT2D eigenvalue weighted by atomic mass is 10.0. The van der Waals surface area contributed by atoms with Crippen LogP contribution in [0.3, 0.4) is 0 Å². The third-order valence-corrected chi connectivity index (χ3v) is 5.98. The molecule has 0 aromatic heterocycles. The molecule has 1 fully saturated rings. The van der Waals surface area contributed by atoms with Gasteiger partial charge in [-0.2, -0.15) is 0 Å². The molecule has 4 nitrogen and oxygen atoms in total. The largest absolute Gasteiger partial charge is 0.385 e. The van der Waals surface area contributed by atoms with E-state index in [-0.39, 0.29) is 0 Å². The van der Waals surface area contributed by atoms with Crippen LogP contribution in [0.1, 0.15) is 32.3 Å². The van der Waals surface area contributed by atoms with Gasteiger partial charge < -0.3 is 5.32 Å². The molecule has 2 aliphatic rings. The summed E-state index contributed by atoms with van der Waals surface area (Å²) in [6.07, 6.45) is 3.10. The van der Waals surface area contributed by atoms with E-state index in [2.05, 4.69) is 23.9 Å². The van der Waals surface area contributed by atoms with Gasteiger partial charge in [-0.1, -0.05) is 13.8 Å². The molecule has 2 N–H and O–H groups in total. The van der Waals surface area contributed by atoms with E-state index in [4.69, 9.17) is 0 Å². The smallest absolute Gasteiger partial charge is 0.240 e. The number of rotatable bonds is 4. The molecule has 0 radical (unpaired) electrons. The molecular weight excluding hydrogens is 272 g/mol. The first-order chi connectivity index (χ1) is 9.38. The molecule has 20 heavy (non-hydrogen) atoms. The Hall–Kier alpha value is -1.07. The third kappa shape index (κ3) is 2.69. The van der Waals surface area contributed by atoms with Gasteiger partial charge in [-0.05, 0) is 54.4 Å². The first-order valence-electron chi connectivity index (χ1n) is 7.25. The number of benzene rings is 1. The molecule has 5 heteroatoms. The fraction of sp³-hybridized carbons (Fsp3) is 0.600. The highest BCUT2D eigenvalue weighted by molar-refractivity contribution is 7.89. The second kappa shape index (κ2) is 4.74. The molecule has 1 aliphatic carbocycles. The number of sulfonamides is 1. The van der Waals surface area contributed by atoms with E-state index < -0.39 is 10.0 Å². The van der Waals surface area contributed by atoms with E-state index in [0.29, 0.717) is 22.8 Å². The lowest BCUT2D eigenvalue weighted by Gasteiger charge is -2.18. The second-order valence-corrected chi connectivity index (χ2v) is 8.36. The molecular formula is C15H22N2O2S. The molecule has 1 aromatic carbocycles. The molecule has 0 saturated heterocycles. The predicted octanol–water partition coefficient (Wildman–Crippen LogP) is 2.37. The van der Waals surface area contributed by atoms with E-state index in [1.165, 1.54) is 0 Å². The van der Waals surface area contributed by atoms with E-state index in [0.717, 1.165) is 37.1 Å². The Morgan fingerprint density at radius 3 is 2.85 bits per heavy atom. The van der Waals surface area contributed by atoms with Crippen LogP contribution in [0, 0.1) is 11.3 Å². The highest BCUT2D eigenvalue weighted by atomic mass is 32.2. The average molecular weight is 294 g/mol. The Morgan fingerprint density at radius 2 is 2.15 bits per heavy atom. The molecule has 0 amide bonds. The van der Waals surface area contributed by atoms with Crippen molar-refractivity contribution in [1.29, 1.82) is 0 Å².